The lowest BCUT2D eigenvalue weighted by Crippen LogP contribution is -2.31. The third-order valence-electron chi connectivity index (χ3n) is 0.473. The van der Waals surface area contributed by atoms with Crippen LogP contribution in [0.5, 0.6) is 0 Å². The van der Waals surface area contributed by atoms with E-state index in [-0.39, 0.29) is 0 Å². The van der Waals surface area contributed by atoms with Gasteiger partial charge in [-0.1, -0.05) is 0 Å². The lowest BCUT2D eigenvalue weighted by molar-refractivity contribution is 0.0980. The third kappa shape index (κ3) is 2.08. The zero-order valence-corrected chi connectivity index (χ0v) is 3.83. The molecule has 0 unspecified atom stereocenters. The van der Waals surface area contributed by atoms with Gasteiger partial charge in [-0.3, -0.25) is 5.41 Å². The van der Waals surface area contributed by atoms with E-state index in [1.807, 2.05) is 0 Å². The largest absolute Gasteiger partial charge is 0.383 e. The van der Waals surface area contributed by atoms with Gasteiger partial charge in [-0.25, -0.2) is 0 Å². The van der Waals surface area contributed by atoms with E-state index in [0.29, 0.717) is 6.92 Å². The van der Waals surface area contributed by atoms with Gasteiger partial charge in [-0.15, -0.1) is 0 Å². The van der Waals surface area contributed by atoms with Gasteiger partial charge in [0.1, 0.15) is 0 Å². The molecule has 0 bridgehead atoms. The first kappa shape index (κ1) is 6.33. The van der Waals surface area contributed by atoms with Crippen LogP contribution in [0.4, 0.5) is 8.78 Å². The molecule has 3 N–H and O–H groups in total. The van der Waals surface area contributed by atoms with Crippen LogP contribution in [0.15, 0.2) is 0 Å². The predicted octanol–water partition coefficient (Wildman–Crippen LogP) is 0.578. The SMILES string of the molecule is CC(F)(F)C(=N)N. The molecule has 0 aliphatic heterocycles. The van der Waals surface area contributed by atoms with Crippen LogP contribution >= 0.6 is 0 Å². The summed E-state index contributed by atoms with van der Waals surface area (Å²) in [6.07, 6.45) is 0. The molecule has 0 spiro atoms. The minimum absolute atomic E-state index is 0.579. The van der Waals surface area contributed by atoms with Crippen LogP contribution in [0.2, 0.25) is 0 Å². The van der Waals surface area contributed by atoms with Gasteiger partial charge in [0.05, 0.1) is 0 Å². The fourth-order valence-corrected chi connectivity index (χ4v) is 0. The molecule has 0 aromatic carbocycles. The summed E-state index contributed by atoms with van der Waals surface area (Å²) in [6, 6.07) is 0. The normalized spacial score (nSPS) is 11.3. The van der Waals surface area contributed by atoms with Gasteiger partial charge >= 0.3 is 5.92 Å². The smallest absolute Gasteiger partial charge is 0.300 e. The van der Waals surface area contributed by atoms with Crippen molar-refractivity contribution in [3.63, 3.8) is 0 Å². The molecule has 0 aromatic rings. The third-order valence-corrected chi connectivity index (χ3v) is 0.473. The van der Waals surface area contributed by atoms with Crippen molar-refractivity contribution in [2.45, 2.75) is 12.8 Å². The van der Waals surface area contributed by atoms with Crippen molar-refractivity contribution in [2.75, 3.05) is 0 Å². The Balaban J connectivity index is 3.79. The second-order valence-corrected chi connectivity index (χ2v) is 1.30. The highest BCUT2D eigenvalue weighted by Crippen LogP contribution is 2.08. The van der Waals surface area contributed by atoms with Crippen molar-refractivity contribution in [1.29, 1.82) is 5.41 Å². The van der Waals surface area contributed by atoms with Crippen LogP contribution in [0, 0.1) is 5.41 Å². The second-order valence-electron chi connectivity index (χ2n) is 1.30. The molecule has 0 rings (SSSR count). The molecule has 42 valence electrons. The monoisotopic (exact) mass is 108 g/mol. The van der Waals surface area contributed by atoms with E-state index in [1.165, 1.54) is 0 Å². The number of halogens is 2. The van der Waals surface area contributed by atoms with E-state index in [9.17, 15) is 8.78 Å². The summed E-state index contributed by atoms with van der Waals surface area (Å²) in [5.74, 6) is -4.23. The molecular weight excluding hydrogens is 102 g/mol. The standard InChI is InChI=1S/C3H6F2N2/c1-3(4,5)2(6)7/h1H3,(H3,6,7). The van der Waals surface area contributed by atoms with Crippen LogP contribution in [0.25, 0.3) is 0 Å². The number of rotatable bonds is 1. The average molecular weight is 108 g/mol. The summed E-state index contributed by atoms with van der Waals surface area (Å²) in [4.78, 5) is 0. The van der Waals surface area contributed by atoms with Crippen molar-refractivity contribution in [3.8, 4) is 0 Å². The number of amidine groups is 1. The molecule has 0 fully saturated rings. The molecule has 0 radical (unpaired) electrons. The Morgan fingerprint density at radius 3 is 1.86 bits per heavy atom. The Morgan fingerprint density at radius 1 is 1.71 bits per heavy atom. The molecule has 0 aliphatic rings. The Hall–Kier alpha value is -0.670. The number of alkyl halides is 2. The first-order valence-electron chi connectivity index (χ1n) is 1.67. The first-order chi connectivity index (χ1) is 2.94. The number of nitrogens with one attached hydrogen (secondary N) is 1. The van der Waals surface area contributed by atoms with Gasteiger partial charge < -0.3 is 5.73 Å². The first-order valence-corrected chi connectivity index (χ1v) is 1.67. The fraction of sp³-hybridized carbons (Fsp3) is 0.667. The van der Waals surface area contributed by atoms with Gasteiger partial charge in [0, 0.05) is 6.92 Å². The van der Waals surface area contributed by atoms with Crippen molar-refractivity contribution >= 4 is 5.84 Å². The molecule has 0 heterocycles. The van der Waals surface area contributed by atoms with Crippen LogP contribution < -0.4 is 5.73 Å². The van der Waals surface area contributed by atoms with E-state index in [0.717, 1.165) is 0 Å². The van der Waals surface area contributed by atoms with Gasteiger partial charge in [-0.05, 0) is 0 Å². The molecule has 4 heteroatoms. The highest BCUT2D eigenvalue weighted by Gasteiger charge is 2.24. The molecule has 0 aromatic heterocycles. The van der Waals surface area contributed by atoms with Gasteiger partial charge in [-0.2, -0.15) is 8.78 Å². The van der Waals surface area contributed by atoms with E-state index in [4.69, 9.17) is 5.41 Å². The summed E-state index contributed by atoms with van der Waals surface area (Å²) in [6.45, 7) is 0.579. The predicted molar refractivity (Wildman–Crippen MR) is 22.5 cm³/mol. The molecule has 0 amide bonds. The Kier molecular flexibility index (Phi) is 1.30. The Bertz CT molecular complexity index is 83.4. The minimum Gasteiger partial charge on any atom is -0.383 e. The van der Waals surface area contributed by atoms with Crippen LogP contribution in [0.1, 0.15) is 6.92 Å². The van der Waals surface area contributed by atoms with Gasteiger partial charge in [0.25, 0.3) is 0 Å². The summed E-state index contributed by atoms with van der Waals surface area (Å²) in [5.41, 5.74) is 4.40. The Labute approximate surface area is 39.8 Å². The van der Waals surface area contributed by atoms with Crippen LogP contribution in [-0.2, 0) is 0 Å². The highest BCUT2D eigenvalue weighted by atomic mass is 19.3. The van der Waals surface area contributed by atoms with E-state index >= 15 is 0 Å². The maximum Gasteiger partial charge on any atom is 0.300 e. The zero-order chi connectivity index (χ0) is 6.08. The van der Waals surface area contributed by atoms with E-state index < -0.39 is 11.8 Å². The van der Waals surface area contributed by atoms with Gasteiger partial charge in [0.2, 0.25) is 0 Å². The number of hydrogen-bond donors (Lipinski definition) is 2. The van der Waals surface area contributed by atoms with Crippen molar-refractivity contribution in [3.05, 3.63) is 0 Å². The molecular formula is C3H6F2N2. The summed E-state index contributed by atoms with van der Waals surface area (Å²) in [5, 5.41) is 6.17. The van der Waals surface area contributed by atoms with Crippen molar-refractivity contribution < 1.29 is 8.78 Å². The topological polar surface area (TPSA) is 49.9 Å². The summed E-state index contributed by atoms with van der Waals surface area (Å²) >= 11 is 0. The number of nitrogens with two attached hydrogens (primary N) is 1. The van der Waals surface area contributed by atoms with Crippen LogP contribution in [-0.4, -0.2) is 11.8 Å². The quantitative estimate of drug-likeness (QED) is 0.374. The average Bonchev–Trinajstić information content (AvgIpc) is 1.31. The molecule has 0 saturated heterocycles. The summed E-state index contributed by atoms with van der Waals surface area (Å²) < 4.78 is 23.0. The maximum atomic E-state index is 11.5. The molecule has 0 saturated carbocycles. The minimum atomic E-state index is -3.14. The highest BCUT2D eigenvalue weighted by molar-refractivity contribution is 5.83. The van der Waals surface area contributed by atoms with Gasteiger partial charge in [0.15, 0.2) is 5.84 Å². The van der Waals surface area contributed by atoms with Crippen molar-refractivity contribution in [1.82, 2.24) is 0 Å². The van der Waals surface area contributed by atoms with Crippen molar-refractivity contribution in [2.24, 2.45) is 5.73 Å². The molecule has 2 nitrogen and oxygen atoms in total. The fourth-order valence-electron chi connectivity index (χ4n) is 0. The van der Waals surface area contributed by atoms with Crippen LogP contribution in [0.3, 0.4) is 0 Å². The number of hydrogen-bond acceptors (Lipinski definition) is 1. The maximum absolute atomic E-state index is 11.5. The zero-order valence-electron chi connectivity index (χ0n) is 3.83. The second kappa shape index (κ2) is 1.44. The summed E-state index contributed by atoms with van der Waals surface area (Å²) in [7, 11) is 0. The Morgan fingerprint density at radius 2 is 1.86 bits per heavy atom. The lowest BCUT2D eigenvalue weighted by Gasteiger charge is -2.04. The lowest BCUT2D eigenvalue weighted by atomic mass is 10.4. The van der Waals surface area contributed by atoms with E-state index in [2.05, 4.69) is 5.73 Å². The molecule has 7 heavy (non-hydrogen) atoms. The van der Waals surface area contributed by atoms with E-state index in [1.54, 1.807) is 0 Å². The molecule has 0 aliphatic carbocycles. The molecule has 0 atom stereocenters.